The number of ether oxygens (including phenoxy) is 2. The summed E-state index contributed by atoms with van der Waals surface area (Å²) in [5.41, 5.74) is 1.64. The molecule has 1 heterocycles. The fourth-order valence-electron chi connectivity index (χ4n) is 2.75. The summed E-state index contributed by atoms with van der Waals surface area (Å²) in [6.07, 6.45) is -0.599. The van der Waals surface area contributed by atoms with Gasteiger partial charge < -0.3 is 20.1 Å². The van der Waals surface area contributed by atoms with E-state index in [2.05, 4.69) is 27.7 Å². The molecule has 1 aromatic rings. The van der Waals surface area contributed by atoms with Crippen molar-refractivity contribution < 1.29 is 19.1 Å². The van der Waals surface area contributed by atoms with Gasteiger partial charge in [0.1, 0.15) is 11.6 Å². The van der Waals surface area contributed by atoms with Crippen LogP contribution in [0.1, 0.15) is 38.8 Å². The van der Waals surface area contributed by atoms with Gasteiger partial charge in [-0.1, -0.05) is 24.3 Å². The standard InChI is InChI=1S/C20H31N3O4/c1-15(22-19(25)27-20(2,3)4)18(24)21-13-16-6-5-7-17(12-16)14-23-8-10-26-11-9-23/h5-7,12,15H,8-11,13-14H2,1-4H3,(H,21,24)(H,22,25). The van der Waals surface area contributed by atoms with E-state index >= 15 is 0 Å². The lowest BCUT2D eigenvalue weighted by Gasteiger charge is -2.26. The average Bonchev–Trinajstić information content (AvgIpc) is 2.59. The molecular formula is C20H31N3O4. The summed E-state index contributed by atoms with van der Waals surface area (Å²) >= 11 is 0. The van der Waals surface area contributed by atoms with Gasteiger partial charge in [0.05, 0.1) is 13.2 Å². The zero-order valence-corrected chi connectivity index (χ0v) is 16.7. The second kappa shape index (κ2) is 9.71. The molecule has 0 bridgehead atoms. The highest BCUT2D eigenvalue weighted by atomic mass is 16.6. The second-order valence-electron chi connectivity index (χ2n) is 7.79. The first-order chi connectivity index (χ1) is 12.7. The van der Waals surface area contributed by atoms with E-state index in [0.29, 0.717) is 6.54 Å². The van der Waals surface area contributed by atoms with Crippen molar-refractivity contribution in [3.05, 3.63) is 35.4 Å². The van der Waals surface area contributed by atoms with Gasteiger partial charge in [0.25, 0.3) is 0 Å². The third kappa shape index (κ3) is 7.97. The van der Waals surface area contributed by atoms with Gasteiger partial charge in [-0.3, -0.25) is 9.69 Å². The molecule has 0 radical (unpaired) electrons. The van der Waals surface area contributed by atoms with Crippen LogP contribution in [0, 0.1) is 0 Å². The first-order valence-corrected chi connectivity index (χ1v) is 9.38. The summed E-state index contributed by atoms with van der Waals surface area (Å²) in [5, 5.41) is 5.40. The smallest absolute Gasteiger partial charge is 0.408 e. The van der Waals surface area contributed by atoms with Crippen LogP contribution < -0.4 is 10.6 Å². The number of benzene rings is 1. The molecule has 1 atom stereocenters. The minimum absolute atomic E-state index is 0.251. The molecule has 7 heteroatoms. The zero-order valence-electron chi connectivity index (χ0n) is 16.7. The van der Waals surface area contributed by atoms with Gasteiger partial charge in [0.2, 0.25) is 5.91 Å². The number of carbonyl (C=O) groups excluding carboxylic acids is 2. The van der Waals surface area contributed by atoms with Gasteiger partial charge in [-0.25, -0.2) is 4.79 Å². The average molecular weight is 377 g/mol. The number of nitrogens with zero attached hydrogens (tertiary/aromatic N) is 1. The van der Waals surface area contributed by atoms with Crippen LogP contribution in [0.4, 0.5) is 4.79 Å². The van der Waals surface area contributed by atoms with Gasteiger partial charge in [0, 0.05) is 26.2 Å². The Bertz CT molecular complexity index is 636. The Kier molecular flexibility index (Phi) is 7.62. The third-order valence-corrected chi connectivity index (χ3v) is 4.09. The van der Waals surface area contributed by atoms with Gasteiger partial charge in [-0.15, -0.1) is 0 Å². The maximum atomic E-state index is 12.2. The van der Waals surface area contributed by atoms with Crippen LogP contribution in [-0.2, 0) is 27.4 Å². The monoisotopic (exact) mass is 377 g/mol. The van der Waals surface area contributed by atoms with E-state index < -0.39 is 17.7 Å². The summed E-state index contributed by atoms with van der Waals surface area (Å²) in [4.78, 5) is 26.3. The van der Waals surface area contributed by atoms with E-state index in [1.165, 1.54) is 5.56 Å². The van der Waals surface area contributed by atoms with Gasteiger partial charge >= 0.3 is 6.09 Å². The molecule has 2 N–H and O–H groups in total. The fraction of sp³-hybridized carbons (Fsp3) is 0.600. The Morgan fingerprint density at radius 1 is 1.22 bits per heavy atom. The molecule has 1 fully saturated rings. The first kappa shape index (κ1) is 21.2. The highest BCUT2D eigenvalue weighted by molar-refractivity contribution is 5.85. The van der Waals surface area contributed by atoms with Crippen molar-refractivity contribution >= 4 is 12.0 Å². The zero-order chi connectivity index (χ0) is 19.9. The lowest BCUT2D eigenvalue weighted by molar-refractivity contribution is -0.122. The number of carbonyl (C=O) groups is 2. The number of amides is 2. The molecule has 150 valence electrons. The number of nitrogens with one attached hydrogen (secondary N) is 2. The molecule has 1 aliphatic rings. The van der Waals surface area contributed by atoms with Crippen LogP contribution >= 0.6 is 0 Å². The minimum Gasteiger partial charge on any atom is -0.444 e. The van der Waals surface area contributed by atoms with Crippen molar-refractivity contribution in [3.63, 3.8) is 0 Å². The van der Waals surface area contributed by atoms with Crippen molar-refractivity contribution in [1.82, 2.24) is 15.5 Å². The molecule has 1 aliphatic heterocycles. The van der Waals surface area contributed by atoms with E-state index in [0.717, 1.165) is 38.4 Å². The van der Waals surface area contributed by atoms with E-state index in [1.807, 2.05) is 12.1 Å². The molecular weight excluding hydrogens is 346 g/mol. The normalized spacial score (nSPS) is 16.4. The molecule has 1 aromatic carbocycles. The van der Waals surface area contributed by atoms with Gasteiger partial charge in [-0.2, -0.15) is 0 Å². The maximum Gasteiger partial charge on any atom is 0.408 e. The van der Waals surface area contributed by atoms with Crippen molar-refractivity contribution in [1.29, 1.82) is 0 Å². The number of alkyl carbamates (subject to hydrolysis) is 1. The van der Waals surface area contributed by atoms with Crippen molar-refractivity contribution in [2.45, 2.75) is 52.4 Å². The van der Waals surface area contributed by atoms with Gasteiger partial charge in [-0.05, 0) is 38.8 Å². The van der Waals surface area contributed by atoms with Crippen molar-refractivity contribution in [2.24, 2.45) is 0 Å². The molecule has 1 unspecified atom stereocenters. The van der Waals surface area contributed by atoms with Gasteiger partial charge in [0.15, 0.2) is 0 Å². The SMILES string of the molecule is CC(NC(=O)OC(C)(C)C)C(=O)NCc1cccc(CN2CCOCC2)c1. The Morgan fingerprint density at radius 3 is 2.56 bits per heavy atom. The number of hydrogen-bond acceptors (Lipinski definition) is 5. The van der Waals surface area contributed by atoms with Crippen LogP contribution in [0.3, 0.4) is 0 Å². The molecule has 27 heavy (non-hydrogen) atoms. The molecule has 7 nitrogen and oxygen atoms in total. The van der Waals surface area contributed by atoms with Crippen LogP contribution in [0.2, 0.25) is 0 Å². The molecule has 0 aromatic heterocycles. The maximum absolute atomic E-state index is 12.2. The molecule has 0 spiro atoms. The lowest BCUT2D eigenvalue weighted by atomic mass is 10.1. The lowest BCUT2D eigenvalue weighted by Crippen LogP contribution is -2.46. The number of morpholine rings is 1. The third-order valence-electron chi connectivity index (χ3n) is 4.09. The Labute approximate surface area is 161 Å². The van der Waals surface area contributed by atoms with Crippen LogP contribution in [0.5, 0.6) is 0 Å². The molecule has 0 aliphatic carbocycles. The summed E-state index contributed by atoms with van der Waals surface area (Å²) in [7, 11) is 0. The summed E-state index contributed by atoms with van der Waals surface area (Å²) in [6, 6.07) is 7.50. The largest absolute Gasteiger partial charge is 0.444 e. The van der Waals surface area contributed by atoms with Crippen molar-refractivity contribution in [2.75, 3.05) is 26.3 Å². The summed E-state index contributed by atoms with van der Waals surface area (Å²) in [6.45, 7) is 11.7. The molecule has 2 rings (SSSR count). The van der Waals surface area contributed by atoms with E-state index in [4.69, 9.17) is 9.47 Å². The minimum atomic E-state index is -0.670. The van der Waals surface area contributed by atoms with Crippen LogP contribution in [0.15, 0.2) is 24.3 Å². The van der Waals surface area contributed by atoms with Crippen LogP contribution in [0.25, 0.3) is 0 Å². The van der Waals surface area contributed by atoms with E-state index in [-0.39, 0.29) is 5.91 Å². The molecule has 2 amide bonds. The Morgan fingerprint density at radius 2 is 1.89 bits per heavy atom. The summed E-state index contributed by atoms with van der Waals surface area (Å²) < 4.78 is 10.5. The first-order valence-electron chi connectivity index (χ1n) is 9.38. The number of rotatable bonds is 6. The topological polar surface area (TPSA) is 79.9 Å². The van der Waals surface area contributed by atoms with E-state index in [1.54, 1.807) is 27.7 Å². The van der Waals surface area contributed by atoms with Crippen molar-refractivity contribution in [3.8, 4) is 0 Å². The Balaban J connectivity index is 1.80. The molecule has 0 saturated carbocycles. The van der Waals surface area contributed by atoms with Crippen LogP contribution in [-0.4, -0.2) is 54.8 Å². The number of hydrogen-bond donors (Lipinski definition) is 2. The Hall–Kier alpha value is -2.12. The predicted octanol–water partition coefficient (Wildman–Crippen LogP) is 2.05. The molecule has 1 saturated heterocycles. The van der Waals surface area contributed by atoms with E-state index in [9.17, 15) is 9.59 Å². The highest BCUT2D eigenvalue weighted by Crippen LogP contribution is 2.10. The fourth-order valence-corrected chi connectivity index (χ4v) is 2.75. The quantitative estimate of drug-likeness (QED) is 0.793. The summed E-state index contributed by atoms with van der Waals surface area (Å²) in [5.74, 6) is -0.251. The highest BCUT2D eigenvalue weighted by Gasteiger charge is 2.20. The second-order valence-corrected chi connectivity index (χ2v) is 7.79. The predicted molar refractivity (Wildman–Crippen MR) is 103 cm³/mol.